The van der Waals surface area contributed by atoms with E-state index in [0.29, 0.717) is 15.8 Å². The summed E-state index contributed by atoms with van der Waals surface area (Å²) in [7, 11) is 0. The molecular weight excluding hydrogens is 340 g/mol. The maximum absolute atomic E-state index is 12.3. The third-order valence-corrected chi connectivity index (χ3v) is 6.76. The third-order valence-electron chi connectivity index (χ3n) is 3.66. The Morgan fingerprint density at radius 2 is 1.62 bits per heavy atom. The summed E-state index contributed by atoms with van der Waals surface area (Å²) in [5.41, 5.74) is 8.58. The van der Waals surface area contributed by atoms with Crippen LogP contribution in [-0.2, 0) is 11.2 Å². The topological polar surface area (TPSA) is 72.2 Å². The largest absolute Gasteiger partial charge is 0.369 e. The highest BCUT2D eigenvalue weighted by atomic mass is 32.2. The van der Waals surface area contributed by atoms with E-state index < -0.39 is 0 Å². The number of nitrogens with two attached hydrogens (primary N) is 1. The van der Waals surface area contributed by atoms with Gasteiger partial charge in [-0.05, 0) is 35.4 Å². The molecule has 0 spiro atoms. The Labute approximate surface area is 149 Å². The number of amides is 2. The van der Waals surface area contributed by atoms with Crippen LogP contribution in [0.15, 0.2) is 48.5 Å². The van der Waals surface area contributed by atoms with Crippen molar-refractivity contribution in [3.8, 4) is 0 Å². The van der Waals surface area contributed by atoms with Crippen LogP contribution in [0.1, 0.15) is 26.1 Å². The van der Waals surface area contributed by atoms with Crippen LogP contribution in [0.3, 0.4) is 0 Å². The first-order valence-corrected chi connectivity index (χ1v) is 9.73. The number of anilines is 1. The zero-order valence-electron chi connectivity index (χ0n) is 13.0. The average molecular weight is 358 g/mol. The number of hydrogen-bond donors (Lipinski definition) is 2. The van der Waals surface area contributed by atoms with E-state index in [0.717, 1.165) is 5.56 Å². The highest BCUT2D eigenvalue weighted by molar-refractivity contribution is 8.19. The molecule has 0 aromatic heterocycles. The first kappa shape index (κ1) is 16.9. The molecule has 6 heteroatoms. The highest BCUT2D eigenvalue weighted by Crippen LogP contribution is 2.45. The van der Waals surface area contributed by atoms with Crippen molar-refractivity contribution in [1.29, 1.82) is 0 Å². The van der Waals surface area contributed by atoms with E-state index in [1.165, 1.54) is 17.1 Å². The summed E-state index contributed by atoms with van der Waals surface area (Å²) in [5.74, 6) is 1.86. The smallest absolute Gasteiger partial charge is 0.255 e. The molecule has 2 amide bonds. The normalized spacial score (nSPS) is 14.5. The van der Waals surface area contributed by atoms with E-state index in [-0.39, 0.29) is 18.2 Å². The average Bonchev–Trinajstić information content (AvgIpc) is 3.11. The van der Waals surface area contributed by atoms with E-state index in [1.54, 1.807) is 24.3 Å². The number of rotatable bonds is 5. The van der Waals surface area contributed by atoms with E-state index in [4.69, 9.17) is 5.73 Å². The maximum atomic E-state index is 12.3. The van der Waals surface area contributed by atoms with Gasteiger partial charge in [-0.25, -0.2) is 0 Å². The van der Waals surface area contributed by atoms with E-state index in [1.807, 2.05) is 47.8 Å². The fraction of sp³-hybridized carbons (Fsp3) is 0.222. The van der Waals surface area contributed by atoms with Crippen LogP contribution in [0.4, 0.5) is 5.69 Å². The second-order valence-electron chi connectivity index (χ2n) is 5.49. The fourth-order valence-electron chi connectivity index (χ4n) is 2.45. The second kappa shape index (κ2) is 7.77. The molecule has 1 saturated heterocycles. The summed E-state index contributed by atoms with van der Waals surface area (Å²) in [4.78, 5) is 23.2. The number of hydrogen-bond acceptors (Lipinski definition) is 4. The standard InChI is InChI=1S/C18H18N2O2S2/c19-16(21)11-12-1-7-15(8-2-12)20-17(22)13-3-5-14(6-4-13)18-23-9-10-24-18/h1-8,18H,9-11H2,(H2,19,21)(H,20,22). The van der Waals surface area contributed by atoms with Gasteiger partial charge in [0.05, 0.1) is 11.0 Å². The van der Waals surface area contributed by atoms with Crippen LogP contribution < -0.4 is 11.1 Å². The van der Waals surface area contributed by atoms with Gasteiger partial charge in [-0.15, -0.1) is 23.5 Å². The number of benzene rings is 2. The van der Waals surface area contributed by atoms with E-state index in [2.05, 4.69) is 5.32 Å². The molecule has 1 heterocycles. The first-order valence-electron chi connectivity index (χ1n) is 7.63. The van der Waals surface area contributed by atoms with Crippen molar-refractivity contribution in [2.24, 2.45) is 5.73 Å². The van der Waals surface area contributed by atoms with Gasteiger partial charge in [-0.3, -0.25) is 9.59 Å². The minimum Gasteiger partial charge on any atom is -0.369 e. The molecule has 2 aromatic carbocycles. The molecule has 0 aliphatic carbocycles. The molecule has 0 unspecified atom stereocenters. The van der Waals surface area contributed by atoms with Crippen molar-refractivity contribution < 1.29 is 9.59 Å². The summed E-state index contributed by atoms with van der Waals surface area (Å²) >= 11 is 3.89. The third kappa shape index (κ3) is 4.33. The Kier molecular flexibility index (Phi) is 5.48. The summed E-state index contributed by atoms with van der Waals surface area (Å²) in [5, 5.41) is 2.86. The minimum atomic E-state index is -0.370. The Bertz CT molecular complexity index is 724. The number of primary amides is 1. The zero-order chi connectivity index (χ0) is 16.9. The molecule has 4 nitrogen and oxygen atoms in total. The SMILES string of the molecule is NC(=O)Cc1ccc(NC(=O)c2ccc(C3SCCS3)cc2)cc1. The lowest BCUT2D eigenvalue weighted by Crippen LogP contribution is -2.14. The van der Waals surface area contributed by atoms with Crippen LogP contribution in [0, 0.1) is 0 Å². The Morgan fingerprint density at radius 3 is 2.21 bits per heavy atom. The predicted octanol–water partition coefficient (Wildman–Crippen LogP) is 3.45. The molecule has 3 N–H and O–H groups in total. The van der Waals surface area contributed by atoms with Crippen LogP contribution in [0.25, 0.3) is 0 Å². The lowest BCUT2D eigenvalue weighted by molar-refractivity contribution is -0.117. The summed E-state index contributed by atoms with van der Waals surface area (Å²) < 4.78 is 0.486. The number of nitrogens with one attached hydrogen (secondary N) is 1. The van der Waals surface area contributed by atoms with Crippen molar-refractivity contribution in [3.63, 3.8) is 0 Å². The minimum absolute atomic E-state index is 0.143. The van der Waals surface area contributed by atoms with Crippen LogP contribution in [-0.4, -0.2) is 23.3 Å². The fourth-order valence-corrected chi connectivity index (χ4v) is 5.31. The molecule has 0 atom stereocenters. The number of carbonyl (C=O) groups excluding carboxylic acids is 2. The summed E-state index contributed by atoms with van der Waals surface area (Å²) in [6.45, 7) is 0. The lowest BCUT2D eigenvalue weighted by atomic mass is 10.1. The monoisotopic (exact) mass is 358 g/mol. The van der Waals surface area contributed by atoms with Crippen molar-refractivity contribution in [2.75, 3.05) is 16.8 Å². The molecule has 3 rings (SSSR count). The van der Waals surface area contributed by atoms with E-state index >= 15 is 0 Å². The zero-order valence-corrected chi connectivity index (χ0v) is 14.7. The van der Waals surface area contributed by atoms with Gasteiger partial charge in [0.25, 0.3) is 5.91 Å². The molecule has 124 valence electrons. The van der Waals surface area contributed by atoms with Crippen molar-refractivity contribution in [1.82, 2.24) is 0 Å². The highest BCUT2D eigenvalue weighted by Gasteiger charge is 2.18. The molecule has 2 aromatic rings. The Morgan fingerprint density at radius 1 is 1.00 bits per heavy atom. The predicted molar refractivity (Wildman–Crippen MR) is 101 cm³/mol. The summed E-state index contributed by atoms with van der Waals surface area (Å²) in [6, 6.07) is 14.9. The molecule has 24 heavy (non-hydrogen) atoms. The van der Waals surface area contributed by atoms with Crippen LogP contribution >= 0.6 is 23.5 Å². The Hall–Kier alpha value is -1.92. The van der Waals surface area contributed by atoms with Gasteiger partial charge in [0.2, 0.25) is 5.91 Å². The Balaban J connectivity index is 1.62. The molecule has 0 radical (unpaired) electrons. The van der Waals surface area contributed by atoms with Crippen molar-refractivity contribution >= 4 is 41.0 Å². The van der Waals surface area contributed by atoms with Gasteiger partial charge >= 0.3 is 0 Å². The van der Waals surface area contributed by atoms with Gasteiger partial charge in [0, 0.05) is 22.8 Å². The van der Waals surface area contributed by atoms with Gasteiger partial charge in [-0.2, -0.15) is 0 Å². The first-order chi connectivity index (χ1) is 11.6. The molecule has 1 aliphatic rings. The van der Waals surface area contributed by atoms with Crippen molar-refractivity contribution in [3.05, 3.63) is 65.2 Å². The summed E-state index contributed by atoms with van der Waals surface area (Å²) in [6.07, 6.45) is 0.201. The molecule has 1 fully saturated rings. The van der Waals surface area contributed by atoms with Gasteiger partial charge in [0.15, 0.2) is 0 Å². The quantitative estimate of drug-likeness (QED) is 0.859. The maximum Gasteiger partial charge on any atom is 0.255 e. The lowest BCUT2D eigenvalue weighted by Gasteiger charge is -2.10. The molecular formula is C18H18N2O2S2. The van der Waals surface area contributed by atoms with Gasteiger partial charge < -0.3 is 11.1 Å². The number of thioether (sulfide) groups is 2. The van der Waals surface area contributed by atoms with Gasteiger partial charge in [0.1, 0.15) is 0 Å². The van der Waals surface area contributed by atoms with Crippen molar-refractivity contribution in [2.45, 2.75) is 11.0 Å². The van der Waals surface area contributed by atoms with Crippen LogP contribution in [0.5, 0.6) is 0 Å². The molecule has 0 saturated carbocycles. The molecule has 1 aliphatic heterocycles. The van der Waals surface area contributed by atoms with Crippen LogP contribution in [0.2, 0.25) is 0 Å². The molecule has 0 bridgehead atoms. The van der Waals surface area contributed by atoms with E-state index in [9.17, 15) is 9.59 Å². The van der Waals surface area contributed by atoms with Gasteiger partial charge in [-0.1, -0.05) is 24.3 Å². The second-order valence-corrected chi connectivity index (χ2v) is 8.21. The number of carbonyl (C=O) groups is 2.